The minimum Gasteiger partial charge on any atom is -0.507 e. The maximum absolute atomic E-state index is 12.6. The summed E-state index contributed by atoms with van der Waals surface area (Å²) in [4.78, 5) is 22.5. The average molecular weight is 400 g/mol. The number of carbonyl (C=O) groups excluding carboxylic acids is 2. The van der Waals surface area contributed by atoms with Gasteiger partial charge < -0.3 is 10.2 Å². The summed E-state index contributed by atoms with van der Waals surface area (Å²) in [5, 5.41) is 19.6. The van der Waals surface area contributed by atoms with E-state index in [4.69, 9.17) is 0 Å². The summed E-state index contributed by atoms with van der Waals surface area (Å²) < 4.78 is 64.1. The van der Waals surface area contributed by atoms with Gasteiger partial charge in [0, 0.05) is 11.1 Å². The number of phenolic OH excluding ortho intramolecular Hbond substituents is 2. The first-order valence-electron chi connectivity index (χ1n) is 6.61. The molecule has 0 aromatic heterocycles. The summed E-state index contributed by atoms with van der Waals surface area (Å²) in [6.07, 6.45) is 0. The molecule has 2 aromatic rings. The second kappa shape index (κ2) is 5.35. The number of fused-ring (bicyclic) bond motifs is 2. The molecule has 4 N–H and O–H groups in total. The van der Waals surface area contributed by atoms with Crippen LogP contribution >= 0.6 is 0 Å². The van der Waals surface area contributed by atoms with Crippen LogP contribution in [-0.4, -0.2) is 47.7 Å². The van der Waals surface area contributed by atoms with Crippen LogP contribution in [0.3, 0.4) is 0 Å². The van der Waals surface area contributed by atoms with Gasteiger partial charge >= 0.3 is 0 Å². The fourth-order valence-electron chi connectivity index (χ4n) is 2.65. The van der Waals surface area contributed by atoms with Crippen molar-refractivity contribution in [1.82, 2.24) is 0 Å². The number of ketones is 2. The molecular weight excluding hydrogens is 392 g/mol. The Balaban J connectivity index is 2.47. The Bertz CT molecular complexity index is 1130. The molecule has 0 atom stereocenters. The summed E-state index contributed by atoms with van der Waals surface area (Å²) in [5.41, 5.74) is -2.49. The zero-order valence-electron chi connectivity index (χ0n) is 12.4. The fourth-order valence-corrected chi connectivity index (χ4v) is 4.44. The molecule has 0 heterocycles. The van der Waals surface area contributed by atoms with Crippen LogP contribution < -0.4 is 0 Å². The van der Waals surface area contributed by atoms with E-state index in [1.54, 1.807) is 0 Å². The second-order valence-electron chi connectivity index (χ2n) is 5.31. The smallest absolute Gasteiger partial charge is 0.295 e. The van der Waals surface area contributed by atoms with Crippen molar-refractivity contribution in [2.45, 2.75) is 9.79 Å². The molecule has 0 saturated carbocycles. The van der Waals surface area contributed by atoms with Gasteiger partial charge in [-0.25, -0.2) is 0 Å². The predicted molar refractivity (Wildman–Crippen MR) is 82.7 cm³/mol. The van der Waals surface area contributed by atoms with Crippen LogP contribution in [-0.2, 0) is 20.2 Å². The largest absolute Gasteiger partial charge is 0.507 e. The lowest BCUT2D eigenvalue weighted by atomic mass is 9.83. The normalized spacial score (nSPS) is 14.1. The number of rotatable bonds is 2. The Morgan fingerprint density at radius 1 is 0.654 bits per heavy atom. The van der Waals surface area contributed by atoms with Gasteiger partial charge in [0.25, 0.3) is 20.2 Å². The summed E-state index contributed by atoms with van der Waals surface area (Å²) >= 11 is 0. The minimum atomic E-state index is -5.20. The van der Waals surface area contributed by atoms with Crippen LogP contribution in [0.2, 0.25) is 0 Å². The van der Waals surface area contributed by atoms with E-state index in [0.29, 0.717) is 12.1 Å². The minimum absolute atomic E-state index is 0.403. The van der Waals surface area contributed by atoms with Gasteiger partial charge in [0.15, 0.2) is 11.6 Å². The van der Waals surface area contributed by atoms with Crippen LogP contribution in [0.15, 0.2) is 34.1 Å². The molecule has 2 aromatic carbocycles. The van der Waals surface area contributed by atoms with Gasteiger partial charge in [0.05, 0.1) is 11.1 Å². The number of phenols is 2. The third-order valence-electron chi connectivity index (χ3n) is 3.74. The van der Waals surface area contributed by atoms with E-state index in [1.807, 2.05) is 0 Å². The van der Waals surface area contributed by atoms with Crippen molar-refractivity contribution < 1.29 is 45.7 Å². The molecule has 26 heavy (non-hydrogen) atoms. The van der Waals surface area contributed by atoms with Crippen molar-refractivity contribution in [2.24, 2.45) is 0 Å². The number of carbonyl (C=O) groups is 2. The van der Waals surface area contributed by atoms with Gasteiger partial charge in [-0.3, -0.25) is 18.7 Å². The Morgan fingerprint density at radius 3 is 1.23 bits per heavy atom. The molecule has 0 aliphatic heterocycles. The summed E-state index contributed by atoms with van der Waals surface area (Å²) in [5.74, 6) is -3.52. The van der Waals surface area contributed by atoms with E-state index in [9.17, 15) is 45.7 Å². The Labute approximate surface area is 145 Å². The molecule has 0 amide bonds. The van der Waals surface area contributed by atoms with E-state index in [0.717, 1.165) is 12.1 Å². The van der Waals surface area contributed by atoms with Gasteiger partial charge in [-0.1, -0.05) is 0 Å². The highest BCUT2D eigenvalue weighted by Crippen LogP contribution is 2.39. The monoisotopic (exact) mass is 400 g/mol. The van der Waals surface area contributed by atoms with Crippen LogP contribution in [0, 0.1) is 0 Å². The molecule has 0 saturated heterocycles. The molecule has 3 rings (SSSR count). The maximum atomic E-state index is 12.6. The average Bonchev–Trinajstić information content (AvgIpc) is 2.51. The molecular formula is C14H8O10S2. The number of hydrogen-bond donors (Lipinski definition) is 4. The maximum Gasteiger partial charge on any atom is 0.295 e. The molecule has 1 aliphatic rings. The molecule has 136 valence electrons. The van der Waals surface area contributed by atoms with Crippen molar-refractivity contribution in [3.05, 3.63) is 46.5 Å². The van der Waals surface area contributed by atoms with Crippen molar-refractivity contribution in [3.63, 3.8) is 0 Å². The molecule has 12 heteroatoms. The highest BCUT2D eigenvalue weighted by Gasteiger charge is 2.38. The third kappa shape index (κ3) is 2.55. The van der Waals surface area contributed by atoms with Crippen molar-refractivity contribution in [2.75, 3.05) is 0 Å². The predicted octanol–water partition coefficient (Wildman–Crippen LogP) is 0.367. The van der Waals surface area contributed by atoms with Gasteiger partial charge in [0.2, 0.25) is 0 Å². The molecule has 10 nitrogen and oxygen atoms in total. The lowest BCUT2D eigenvalue weighted by molar-refractivity contribution is 0.0973. The Kier molecular flexibility index (Phi) is 3.70. The molecule has 0 radical (unpaired) electrons. The highest BCUT2D eigenvalue weighted by atomic mass is 32.2. The third-order valence-corrected chi connectivity index (χ3v) is 5.66. The topological polar surface area (TPSA) is 183 Å². The SMILES string of the molecule is O=C1c2cc(S(=O)(=O)O)c(S(=O)(=O)O)cc2C(=O)c2c(O)ccc(O)c21. The molecule has 1 aliphatic carbocycles. The van der Waals surface area contributed by atoms with Gasteiger partial charge in [0.1, 0.15) is 21.3 Å². The Hall–Kier alpha value is -2.80. The van der Waals surface area contributed by atoms with Gasteiger partial charge in [-0.05, 0) is 24.3 Å². The zero-order valence-corrected chi connectivity index (χ0v) is 14.0. The number of benzene rings is 2. The first-order chi connectivity index (χ1) is 11.8. The van der Waals surface area contributed by atoms with E-state index in [1.165, 1.54) is 0 Å². The first kappa shape index (κ1) is 18.0. The van der Waals surface area contributed by atoms with E-state index in [2.05, 4.69) is 0 Å². The lowest BCUT2D eigenvalue weighted by Crippen LogP contribution is -2.23. The first-order valence-corrected chi connectivity index (χ1v) is 9.49. The van der Waals surface area contributed by atoms with Crippen LogP contribution in [0.4, 0.5) is 0 Å². The second-order valence-corrected chi connectivity index (χ2v) is 8.09. The Morgan fingerprint density at radius 2 is 0.962 bits per heavy atom. The van der Waals surface area contributed by atoms with E-state index >= 15 is 0 Å². The lowest BCUT2D eigenvalue weighted by Gasteiger charge is -2.20. The van der Waals surface area contributed by atoms with Gasteiger partial charge in [-0.2, -0.15) is 16.8 Å². The summed E-state index contributed by atoms with van der Waals surface area (Å²) in [7, 11) is -10.4. The van der Waals surface area contributed by atoms with Crippen molar-refractivity contribution >= 4 is 31.8 Å². The summed E-state index contributed by atoms with van der Waals surface area (Å²) in [6, 6.07) is 2.67. The fraction of sp³-hybridized carbons (Fsp3) is 0. The van der Waals surface area contributed by atoms with E-state index in [-0.39, 0.29) is 0 Å². The summed E-state index contributed by atoms with van der Waals surface area (Å²) in [6.45, 7) is 0. The van der Waals surface area contributed by atoms with E-state index < -0.39 is 75.3 Å². The zero-order chi connectivity index (χ0) is 19.6. The van der Waals surface area contributed by atoms with Gasteiger partial charge in [-0.15, -0.1) is 0 Å². The molecule has 0 unspecified atom stereocenters. The molecule has 0 bridgehead atoms. The van der Waals surface area contributed by atoms with Crippen molar-refractivity contribution in [1.29, 1.82) is 0 Å². The van der Waals surface area contributed by atoms with Crippen LogP contribution in [0.25, 0.3) is 0 Å². The van der Waals surface area contributed by atoms with Crippen molar-refractivity contribution in [3.8, 4) is 11.5 Å². The number of hydrogen-bond acceptors (Lipinski definition) is 8. The molecule has 0 fully saturated rings. The quantitative estimate of drug-likeness (QED) is 0.346. The van der Waals surface area contributed by atoms with Crippen LogP contribution in [0.5, 0.6) is 11.5 Å². The molecule has 0 spiro atoms. The highest BCUT2D eigenvalue weighted by molar-refractivity contribution is 7.89. The number of aromatic hydroxyl groups is 2. The van der Waals surface area contributed by atoms with Crippen LogP contribution in [0.1, 0.15) is 31.8 Å². The standard InChI is InChI=1S/C14H8O10S2/c15-7-1-2-8(16)12-11(7)13(17)5-3-9(25(19,20)21)10(26(22,23)24)4-6(5)14(12)18/h1-4,15-16H,(H,19,20,21)(H,22,23,24).